The second kappa shape index (κ2) is 11.0. The molecule has 1 N–H and O–H groups in total. The number of rotatable bonds is 7. The van der Waals surface area contributed by atoms with Gasteiger partial charge in [-0.2, -0.15) is 0 Å². The molecule has 130 valence electrons. The first-order valence-electron chi connectivity index (χ1n) is 8.77. The zero-order valence-electron chi connectivity index (χ0n) is 15.6. The van der Waals surface area contributed by atoms with E-state index in [9.17, 15) is 9.50 Å². The van der Waals surface area contributed by atoms with Crippen LogP contribution >= 0.6 is 0 Å². The first-order valence-corrected chi connectivity index (χ1v) is 8.77. The number of hydrogen-bond donors (Lipinski definition) is 1. The third-order valence-electron chi connectivity index (χ3n) is 4.28. The number of aliphatic hydroxyl groups excluding tert-OH is 1. The molecule has 2 heteroatoms. The molecule has 0 saturated heterocycles. The average Bonchev–Trinajstić information content (AvgIpc) is 2.57. The Hall–Kier alpha value is -1.57. The van der Waals surface area contributed by atoms with Crippen LogP contribution in [0, 0.1) is 5.82 Å². The molecule has 0 aliphatic carbocycles. The summed E-state index contributed by atoms with van der Waals surface area (Å²) in [5, 5.41) is 9.38. The van der Waals surface area contributed by atoms with Gasteiger partial charge in [-0.05, 0) is 44.4 Å². The van der Waals surface area contributed by atoms with E-state index in [4.69, 9.17) is 0 Å². The van der Waals surface area contributed by atoms with Crippen LogP contribution in [-0.4, -0.2) is 5.11 Å². The second-order valence-electron chi connectivity index (χ2n) is 5.68. The lowest BCUT2D eigenvalue weighted by molar-refractivity contribution is 0.405. The molecule has 1 nitrogen and oxygen atoms in total. The second-order valence-corrected chi connectivity index (χ2v) is 5.68. The maximum absolute atomic E-state index is 14.4. The van der Waals surface area contributed by atoms with Gasteiger partial charge in [0, 0.05) is 5.41 Å². The molecule has 0 aliphatic heterocycles. The summed E-state index contributed by atoms with van der Waals surface area (Å²) in [7, 11) is 0. The summed E-state index contributed by atoms with van der Waals surface area (Å²) in [6, 6.07) is 7.05. The summed E-state index contributed by atoms with van der Waals surface area (Å²) < 4.78 is 14.4. The van der Waals surface area contributed by atoms with E-state index in [-0.39, 0.29) is 17.0 Å². The van der Waals surface area contributed by atoms with Gasteiger partial charge in [0.15, 0.2) is 0 Å². The molecule has 0 fully saturated rings. The lowest BCUT2D eigenvalue weighted by atomic mass is 9.69. The van der Waals surface area contributed by atoms with E-state index in [1.54, 1.807) is 19.1 Å². The molecule has 1 aromatic rings. The molecule has 1 rings (SSSR count). The molecule has 1 aromatic carbocycles. The van der Waals surface area contributed by atoms with Gasteiger partial charge in [0.25, 0.3) is 0 Å². The van der Waals surface area contributed by atoms with Gasteiger partial charge in [-0.3, -0.25) is 0 Å². The Morgan fingerprint density at radius 1 is 1.13 bits per heavy atom. The summed E-state index contributed by atoms with van der Waals surface area (Å²) in [5.74, 6) is 0.122. The number of benzene rings is 1. The van der Waals surface area contributed by atoms with Crippen LogP contribution in [0.4, 0.5) is 4.39 Å². The van der Waals surface area contributed by atoms with Crippen molar-refractivity contribution in [2.75, 3.05) is 0 Å². The number of allylic oxidation sites excluding steroid dienone is 4. The van der Waals surface area contributed by atoms with E-state index >= 15 is 0 Å². The SMILES string of the molecule is CC.CCCCC(CC)(/C(C)=C/C=C(\C)O)c1ccccc1F. The van der Waals surface area contributed by atoms with Crippen molar-refractivity contribution in [1.29, 1.82) is 0 Å². The molecule has 0 aromatic heterocycles. The van der Waals surface area contributed by atoms with E-state index in [1.807, 2.05) is 39.0 Å². The summed E-state index contributed by atoms with van der Waals surface area (Å²) in [6.07, 6.45) is 7.50. The normalized spacial score (nSPS) is 14.7. The number of halogens is 1. The Kier molecular flexibility index (Phi) is 10.3. The molecule has 1 atom stereocenters. The van der Waals surface area contributed by atoms with Crippen LogP contribution in [0.15, 0.2) is 47.7 Å². The van der Waals surface area contributed by atoms with Crippen LogP contribution in [0.25, 0.3) is 0 Å². The number of unbranched alkanes of at least 4 members (excludes halogenated alkanes) is 1. The minimum atomic E-state index is -0.298. The minimum Gasteiger partial charge on any atom is -0.513 e. The first kappa shape index (κ1) is 21.4. The quantitative estimate of drug-likeness (QED) is 0.419. The van der Waals surface area contributed by atoms with Crippen molar-refractivity contribution in [2.45, 2.75) is 72.6 Å². The molecule has 0 aliphatic rings. The van der Waals surface area contributed by atoms with Crippen LogP contribution in [0.1, 0.15) is 72.8 Å². The zero-order valence-corrected chi connectivity index (χ0v) is 15.6. The van der Waals surface area contributed by atoms with E-state index in [0.29, 0.717) is 0 Å². The zero-order chi connectivity index (χ0) is 17.9. The molecule has 0 amide bonds. The Balaban J connectivity index is 0.00000232. The monoisotopic (exact) mass is 320 g/mol. The smallest absolute Gasteiger partial charge is 0.127 e. The number of aliphatic hydroxyl groups is 1. The van der Waals surface area contributed by atoms with Crippen LogP contribution in [0.2, 0.25) is 0 Å². The maximum atomic E-state index is 14.4. The predicted octanol–water partition coefficient (Wildman–Crippen LogP) is 7.10. The highest BCUT2D eigenvalue weighted by Gasteiger charge is 2.33. The van der Waals surface area contributed by atoms with Gasteiger partial charge in [0.05, 0.1) is 5.76 Å². The molecule has 0 heterocycles. The van der Waals surface area contributed by atoms with Crippen molar-refractivity contribution in [3.63, 3.8) is 0 Å². The molecular weight excluding hydrogens is 287 g/mol. The van der Waals surface area contributed by atoms with Crippen molar-refractivity contribution in [2.24, 2.45) is 0 Å². The van der Waals surface area contributed by atoms with Gasteiger partial charge in [0.2, 0.25) is 0 Å². The van der Waals surface area contributed by atoms with Crippen molar-refractivity contribution in [3.8, 4) is 0 Å². The van der Waals surface area contributed by atoms with Crippen LogP contribution in [0.3, 0.4) is 0 Å². The van der Waals surface area contributed by atoms with Gasteiger partial charge in [-0.1, -0.05) is 70.4 Å². The lowest BCUT2D eigenvalue weighted by Gasteiger charge is -2.35. The molecule has 0 spiro atoms. The molecule has 1 unspecified atom stereocenters. The summed E-state index contributed by atoms with van der Waals surface area (Å²) in [4.78, 5) is 0. The Labute approximate surface area is 141 Å². The fourth-order valence-electron chi connectivity index (χ4n) is 2.92. The fraction of sp³-hybridized carbons (Fsp3) is 0.524. The van der Waals surface area contributed by atoms with Crippen molar-refractivity contribution < 1.29 is 9.50 Å². The van der Waals surface area contributed by atoms with Crippen LogP contribution in [-0.2, 0) is 5.41 Å². The summed E-state index contributed by atoms with van der Waals surface area (Å²) >= 11 is 0. The van der Waals surface area contributed by atoms with Crippen molar-refractivity contribution in [1.82, 2.24) is 0 Å². The maximum Gasteiger partial charge on any atom is 0.127 e. The van der Waals surface area contributed by atoms with Gasteiger partial charge in [-0.25, -0.2) is 4.39 Å². The van der Waals surface area contributed by atoms with Gasteiger partial charge < -0.3 is 5.11 Å². The van der Waals surface area contributed by atoms with Crippen LogP contribution < -0.4 is 0 Å². The summed E-state index contributed by atoms with van der Waals surface area (Å²) in [5.41, 5.74) is 1.56. The van der Waals surface area contributed by atoms with E-state index in [1.165, 1.54) is 6.07 Å². The third kappa shape index (κ3) is 5.85. The first-order chi connectivity index (χ1) is 11.0. The fourth-order valence-corrected chi connectivity index (χ4v) is 2.92. The average molecular weight is 320 g/mol. The number of hydrogen-bond acceptors (Lipinski definition) is 1. The predicted molar refractivity (Wildman–Crippen MR) is 99.4 cm³/mol. The van der Waals surface area contributed by atoms with Crippen molar-refractivity contribution >= 4 is 0 Å². The molecule has 23 heavy (non-hydrogen) atoms. The third-order valence-corrected chi connectivity index (χ3v) is 4.28. The highest BCUT2D eigenvalue weighted by atomic mass is 19.1. The highest BCUT2D eigenvalue weighted by Crippen LogP contribution is 2.41. The van der Waals surface area contributed by atoms with E-state index < -0.39 is 0 Å². The van der Waals surface area contributed by atoms with Crippen LogP contribution in [0.5, 0.6) is 0 Å². The van der Waals surface area contributed by atoms with Crippen molar-refractivity contribution in [3.05, 3.63) is 59.1 Å². The Morgan fingerprint density at radius 2 is 1.74 bits per heavy atom. The Morgan fingerprint density at radius 3 is 2.22 bits per heavy atom. The summed E-state index contributed by atoms with van der Waals surface area (Å²) in [6.45, 7) is 11.9. The van der Waals surface area contributed by atoms with Gasteiger partial charge in [0.1, 0.15) is 5.82 Å². The molecule has 0 bridgehead atoms. The largest absolute Gasteiger partial charge is 0.513 e. The van der Waals surface area contributed by atoms with E-state index in [2.05, 4.69) is 13.8 Å². The van der Waals surface area contributed by atoms with Gasteiger partial charge >= 0.3 is 0 Å². The Bertz CT molecular complexity index is 512. The van der Waals surface area contributed by atoms with E-state index in [0.717, 1.165) is 36.8 Å². The highest BCUT2D eigenvalue weighted by molar-refractivity contribution is 5.38. The minimum absolute atomic E-state index is 0.145. The molecule has 0 radical (unpaired) electrons. The lowest BCUT2D eigenvalue weighted by Crippen LogP contribution is -2.28. The standard InChI is InChI=1S/C19H27FO.C2H6/c1-5-7-14-19(6-2,15(3)12-13-16(4)21)17-10-8-9-11-18(17)20;1-2/h8-13,21H,5-7,14H2,1-4H3;1-2H3/b15-12+,16-13+;. The topological polar surface area (TPSA) is 20.2 Å². The van der Waals surface area contributed by atoms with Gasteiger partial charge in [-0.15, -0.1) is 0 Å². The molecule has 0 saturated carbocycles. The molecular formula is C21H33FO.